The van der Waals surface area contributed by atoms with Crippen molar-refractivity contribution in [2.24, 2.45) is 5.92 Å². The topological polar surface area (TPSA) is 97.6 Å². The molecule has 1 amide bonds. The minimum Gasteiger partial charge on any atom is -0.444 e. The fourth-order valence-electron chi connectivity index (χ4n) is 2.69. The number of pyridine rings is 1. The molecule has 2 rings (SSSR count). The number of ether oxygens (including phenoxy) is 1. The maximum Gasteiger partial charge on any atom is 0.407 e. The summed E-state index contributed by atoms with van der Waals surface area (Å²) in [5.74, 6) is 0.713. The fourth-order valence-corrected chi connectivity index (χ4v) is 3.01. The molecule has 1 aliphatic heterocycles. The summed E-state index contributed by atoms with van der Waals surface area (Å²) in [7, 11) is 0. The third-order valence-electron chi connectivity index (χ3n) is 3.86. The Bertz CT molecular complexity index is 640. The largest absolute Gasteiger partial charge is 0.444 e. The van der Waals surface area contributed by atoms with Crippen LogP contribution in [0.25, 0.3) is 0 Å². The molecule has 1 N–H and O–H groups in total. The number of nitro groups is 1. The molecule has 0 spiro atoms. The predicted molar refractivity (Wildman–Crippen MR) is 97.8 cm³/mol. The Hall–Kier alpha value is -1.90. The van der Waals surface area contributed by atoms with Gasteiger partial charge in [-0.25, -0.2) is 9.78 Å². The van der Waals surface area contributed by atoms with Gasteiger partial charge in [0.2, 0.25) is 5.82 Å². The fraction of sp³-hybridized carbons (Fsp3) is 0.625. The lowest BCUT2D eigenvalue weighted by atomic mass is 9.97. The average molecular weight is 415 g/mol. The number of piperidine rings is 1. The molecule has 1 fully saturated rings. The van der Waals surface area contributed by atoms with Gasteiger partial charge in [-0.05, 0) is 55.5 Å². The van der Waals surface area contributed by atoms with E-state index in [1.54, 1.807) is 6.20 Å². The summed E-state index contributed by atoms with van der Waals surface area (Å²) >= 11 is 3.22. The Labute approximate surface area is 155 Å². The smallest absolute Gasteiger partial charge is 0.407 e. The number of amides is 1. The second-order valence-corrected chi connectivity index (χ2v) is 7.98. The van der Waals surface area contributed by atoms with Gasteiger partial charge in [-0.15, -0.1) is 0 Å². The van der Waals surface area contributed by atoms with Crippen molar-refractivity contribution in [1.82, 2.24) is 10.3 Å². The van der Waals surface area contributed by atoms with E-state index < -0.39 is 16.6 Å². The summed E-state index contributed by atoms with van der Waals surface area (Å²) in [4.78, 5) is 28.7. The molecule has 1 saturated heterocycles. The number of nitrogens with one attached hydrogen (secondary N) is 1. The molecular weight excluding hydrogens is 392 g/mol. The van der Waals surface area contributed by atoms with Gasteiger partial charge >= 0.3 is 11.8 Å². The number of carbonyl (C=O) groups is 1. The van der Waals surface area contributed by atoms with Crippen molar-refractivity contribution < 1.29 is 14.5 Å². The van der Waals surface area contributed by atoms with Crippen molar-refractivity contribution in [1.29, 1.82) is 0 Å². The van der Waals surface area contributed by atoms with E-state index in [9.17, 15) is 14.9 Å². The van der Waals surface area contributed by atoms with Crippen molar-refractivity contribution in [3.63, 3.8) is 0 Å². The molecule has 1 aromatic rings. The maximum atomic E-state index is 11.7. The maximum absolute atomic E-state index is 11.7. The van der Waals surface area contributed by atoms with Crippen LogP contribution in [-0.4, -0.2) is 41.2 Å². The van der Waals surface area contributed by atoms with Crippen LogP contribution in [0.15, 0.2) is 16.7 Å². The highest BCUT2D eigenvalue weighted by Crippen LogP contribution is 2.31. The Morgan fingerprint density at radius 1 is 1.48 bits per heavy atom. The highest BCUT2D eigenvalue weighted by Gasteiger charge is 2.27. The van der Waals surface area contributed by atoms with E-state index in [0.717, 1.165) is 12.8 Å². The normalized spacial score (nSPS) is 15.8. The summed E-state index contributed by atoms with van der Waals surface area (Å²) in [6.45, 7) is 7.33. The Morgan fingerprint density at radius 3 is 2.68 bits per heavy atom. The van der Waals surface area contributed by atoms with E-state index >= 15 is 0 Å². The third-order valence-corrected chi connectivity index (χ3v) is 4.29. The minimum absolute atomic E-state index is 0.000273. The number of anilines is 1. The van der Waals surface area contributed by atoms with Gasteiger partial charge in [0.15, 0.2) is 0 Å². The Balaban J connectivity index is 1.88. The highest BCUT2D eigenvalue weighted by atomic mass is 79.9. The standard InChI is InChI=1S/C16H23BrN4O4/c1-16(2,3)25-15(22)19-9-11-4-6-20(7-5-11)14-13(21(23)24)8-12(17)10-18-14/h8,10-11H,4-7,9H2,1-3H3,(H,19,22). The molecule has 25 heavy (non-hydrogen) atoms. The van der Waals surface area contributed by atoms with Crippen LogP contribution < -0.4 is 10.2 Å². The van der Waals surface area contributed by atoms with Crippen LogP contribution in [0.1, 0.15) is 33.6 Å². The SMILES string of the molecule is CC(C)(C)OC(=O)NCC1CCN(c2ncc(Br)cc2[N+](=O)[O-])CC1. The summed E-state index contributed by atoms with van der Waals surface area (Å²) in [6.07, 6.45) is 2.80. The van der Waals surface area contributed by atoms with Gasteiger partial charge < -0.3 is 15.0 Å². The van der Waals surface area contributed by atoms with E-state index in [4.69, 9.17) is 4.74 Å². The third kappa shape index (κ3) is 5.84. The summed E-state index contributed by atoms with van der Waals surface area (Å²) in [5.41, 5.74) is -0.515. The van der Waals surface area contributed by atoms with Crippen molar-refractivity contribution in [2.75, 3.05) is 24.5 Å². The van der Waals surface area contributed by atoms with Gasteiger partial charge in [-0.2, -0.15) is 0 Å². The zero-order chi connectivity index (χ0) is 18.6. The predicted octanol–water partition coefficient (Wildman–Crippen LogP) is 3.49. The van der Waals surface area contributed by atoms with Gasteiger partial charge in [-0.1, -0.05) is 0 Å². The second-order valence-electron chi connectivity index (χ2n) is 7.07. The van der Waals surface area contributed by atoms with Crippen molar-refractivity contribution in [2.45, 2.75) is 39.2 Å². The molecule has 8 nitrogen and oxygen atoms in total. The molecule has 138 valence electrons. The van der Waals surface area contributed by atoms with Crippen LogP contribution in [0, 0.1) is 16.0 Å². The molecule has 1 aromatic heterocycles. The molecule has 0 bridgehead atoms. The Kier molecular flexibility index (Phi) is 6.21. The zero-order valence-corrected chi connectivity index (χ0v) is 16.2. The lowest BCUT2D eigenvalue weighted by Crippen LogP contribution is -2.40. The van der Waals surface area contributed by atoms with Crippen molar-refractivity contribution in [3.8, 4) is 0 Å². The van der Waals surface area contributed by atoms with Gasteiger partial charge in [0, 0.05) is 36.4 Å². The molecule has 0 saturated carbocycles. The first-order chi connectivity index (χ1) is 11.7. The van der Waals surface area contributed by atoms with Crippen LogP contribution in [0.5, 0.6) is 0 Å². The van der Waals surface area contributed by atoms with Crippen molar-refractivity contribution >= 4 is 33.5 Å². The number of hydrogen-bond acceptors (Lipinski definition) is 6. The Morgan fingerprint density at radius 2 is 2.12 bits per heavy atom. The quantitative estimate of drug-likeness (QED) is 0.597. The molecule has 0 aromatic carbocycles. The van der Waals surface area contributed by atoms with E-state index in [1.165, 1.54) is 6.07 Å². The summed E-state index contributed by atoms with van der Waals surface area (Å²) in [5, 5.41) is 14.0. The molecule has 9 heteroatoms. The number of halogens is 1. The van der Waals surface area contributed by atoms with Gasteiger partial charge in [0.05, 0.1) is 4.92 Å². The van der Waals surface area contributed by atoms with Crippen LogP contribution in [0.2, 0.25) is 0 Å². The molecule has 0 aliphatic carbocycles. The minimum atomic E-state index is -0.514. The molecule has 0 radical (unpaired) electrons. The van der Waals surface area contributed by atoms with Gasteiger partial charge in [-0.3, -0.25) is 10.1 Å². The first kappa shape index (κ1) is 19.4. The van der Waals surface area contributed by atoms with Gasteiger partial charge in [0.1, 0.15) is 5.60 Å². The van der Waals surface area contributed by atoms with Crippen molar-refractivity contribution in [3.05, 3.63) is 26.9 Å². The first-order valence-electron chi connectivity index (χ1n) is 8.17. The number of nitrogens with zero attached hydrogens (tertiary/aromatic N) is 3. The van der Waals surface area contributed by atoms with Crippen LogP contribution in [0.4, 0.5) is 16.3 Å². The van der Waals surface area contributed by atoms with E-state index in [2.05, 4.69) is 26.2 Å². The molecule has 1 aliphatic rings. The monoisotopic (exact) mass is 414 g/mol. The molecule has 2 heterocycles. The van der Waals surface area contributed by atoms with E-state index in [0.29, 0.717) is 35.8 Å². The molecule has 0 unspecified atom stereocenters. The highest BCUT2D eigenvalue weighted by molar-refractivity contribution is 9.10. The number of aromatic nitrogens is 1. The van der Waals surface area contributed by atoms with Crippen LogP contribution in [0.3, 0.4) is 0 Å². The number of rotatable bonds is 4. The lowest BCUT2D eigenvalue weighted by molar-refractivity contribution is -0.384. The zero-order valence-electron chi connectivity index (χ0n) is 14.6. The van der Waals surface area contributed by atoms with Gasteiger partial charge in [0.25, 0.3) is 0 Å². The second kappa shape index (κ2) is 7.99. The molecular formula is C16H23BrN4O4. The summed E-state index contributed by atoms with van der Waals surface area (Å²) < 4.78 is 5.81. The molecule has 0 atom stereocenters. The number of carbonyl (C=O) groups excluding carboxylic acids is 1. The van der Waals surface area contributed by atoms with E-state index in [-0.39, 0.29) is 5.69 Å². The first-order valence-corrected chi connectivity index (χ1v) is 8.97. The number of hydrogen-bond donors (Lipinski definition) is 1. The summed E-state index contributed by atoms with van der Waals surface area (Å²) in [6, 6.07) is 1.47. The van der Waals surface area contributed by atoms with Crippen LogP contribution >= 0.6 is 15.9 Å². The van der Waals surface area contributed by atoms with Crippen LogP contribution in [-0.2, 0) is 4.74 Å². The van der Waals surface area contributed by atoms with E-state index in [1.807, 2.05) is 25.7 Å². The number of alkyl carbamates (subject to hydrolysis) is 1. The average Bonchev–Trinajstić information content (AvgIpc) is 2.52. The lowest BCUT2D eigenvalue weighted by Gasteiger charge is -2.32.